The minimum absolute atomic E-state index is 0.251. The Labute approximate surface area is 107 Å². The first kappa shape index (κ1) is 14.4. The van der Waals surface area contributed by atoms with Gasteiger partial charge in [-0.2, -0.15) is 11.8 Å². The first-order valence-corrected chi connectivity index (χ1v) is 7.10. The second kappa shape index (κ2) is 8.39. The number of hydrogen-bond donors (Lipinski definition) is 3. The van der Waals surface area contributed by atoms with Crippen molar-refractivity contribution in [3.05, 3.63) is 29.8 Å². The fraction of sp³-hybridized carbons (Fsp3) is 0.538. The van der Waals surface area contributed by atoms with E-state index in [1.807, 2.05) is 23.9 Å². The number of thioether (sulfide) groups is 1. The van der Waals surface area contributed by atoms with Gasteiger partial charge in [0.25, 0.3) is 0 Å². The Bertz CT molecular complexity index is 320. The fourth-order valence-electron chi connectivity index (χ4n) is 1.53. The molecular formula is C13H21NO2S. The summed E-state index contributed by atoms with van der Waals surface area (Å²) < 4.78 is 0. The van der Waals surface area contributed by atoms with Gasteiger partial charge in [-0.3, -0.25) is 0 Å². The number of benzene rings is 1. The lowest BCUT2D eigenvalue weighted by Crippen LogP contribution is -2.21. The van der Waals surface area contributed by atoms with E-state index in [1.54, 1.807) is 12.1 Å². The van der Waals surface area contributed by atoms with E-state index in [2.05, 4.69) is 12.2 Å². The quantitative estimate of drug-likeness (QED) is 0.623. The van der Waals surface area contributed by atoms with E-state index in [0.717, 1.165) is 30.0 Å². The number of phenolic OH excluding ortho intramolecular Hbond substituents is 1. The van der Waals surface area contributed by atoms with E-state index in [-0.39, 0.29) is 12.6 Å². The normalized spacial score (nSPS) is 12.6. The minimum Gasteiger partial charge on any atom is -0.508 e. The van der Waals surface area contributed by atoms with E-state index in [4.69, 9.17) is 5.11 Å². The summed E-state index contributed by atoms with van der Waals surface area (Å²) in [5.74, 6) is 2.37. The topological polar surface area (TPSA) is 52.5 Å². The second-order valence-corrected chi connectivity index (χ2v) is 5.19. The van der Waals surface area contributed by atoms with Crippen LogP contribution in [0.4, 0.5) is 0 Å². The van der Waals surface area contributed by atoms with E-state index in [0.29, 0.717) is 5.75 Å². The molecule has 0 saturated heterocycles. The van der Waals surface area contributed by atoms with Crippen LogP contribution in [0.3, 0.4) is 0 Å². The predicted octanol–water partition coefficient (Wildman–Crippen LogP) is 2.16. The summed E-state index contributed by atoms with van der Waals surface area (Å²) in [4.78, 5) is 0. The summed E-state index contributed by atoms with van der Waals surface area (Å²) in [6.07, 6.45) is 0.868. The number of aliphatic hydroxyl groups is 1. The summed E-state index contributed by atoms with van der Waals surface area (Å²) in [5, 5.41) is 21.4. The molecule has 0 amide bonds. The predicted molar refractivity (Wildman–Crippen MR) is 73.6 cm³/mol. The summed E-state index contributed by atoms with van der Waals surface area (Å²) in [7, 11) is 0. The summed E-state index contributed by atoms with van der Waals surface area (Å²) in [5.41, 5.74) is 1.10. The maximum atomic E-state index is 9.38. The van der Waals surface area contributed by atoms with Crippen LogP contribution in [-0.2, 0) is 0 Å². The zero-order valence-electron chi connectivity index (χ0n) is 10.2. The van der Waals surface area contributed by atoms with Gasteiger partial charge in [0.15, 0.2) is 0 Å². The molecule has 0 aliphatic heterocycles. The summed E-state index contributed by atoms with van der Waals surface area (Å²) in [6.45, 7) is 3.31. The molecule has 3 nitrogen and oxygen atoms in total. The van der Waals surface area contributed by atoms with Crippen molar-refractivity contribution < 1.29 is 10.2 Å². The molecule has 1 aromatic rings. The number of rotatable bonds is 8. The Morgan fingerprint density at radius 2 is 2.18 bits per heavy atom. The van der Waals surface area contributed by atoms with Crippen molar-refractivity contribution in [2.24, 2.45) is 0 Å². The number of aliphatic hydroxyl groups excluding tert-OH is 1. The number of hydrogen-bond acceptors (Lipinski definition) is 4. The maximum Gasteiger partial charge on any atom is 0.115 e. The molecule has 0 radical (unpaired) electrons. The third kappa shape index (κ3) is 5.96. The molecule has 1 atom stereocenters. The molecule has 0 bridgehead atoms. The maximum absolute atomic E-state index is 9.38. The summed E-state index contributed by atoms with van der Waals surface area (Å²) in [6, 6.07) is 7.59. The highest BCUT2D eigenvalue weighted by Gasteiger charge is 2.04. The highest BCUT2D eigenvalue weighted by molar-refractivity contribution is 7.99. The molecule has 0 heterocycles. The van der Waals surface area contributed by atoms with Gasteiger partial charge < -0.3 is 15.5 Å². The SMILES string of the molecule is CC(NCCSCCCO)c1cccc(O)c1. The van der Waals surface area contributed by atoms with Gasteiger partial charge in [0, 0.05) is 24.9 Å². The highest BCUT2D eigenvalue weighted by atomic mass is 32.2. The molecule has 1 rings (SSSR count). The third-order valence-corrected chi connectivity index (χ3v) is 3.58. The van der Waals surface area contributed by atoms with E-state index in [1.165, 1.54) is 0 Å². The van der Waals surface area contributed by atoms with Crippen LogP contribution in [0.5, 0.6) is 5.75 Å². The van der Waals surface area contributed by atoms with Gasteiger partial charge in [-0.05, 0) is 36.8 Å². The van der Waals surface area contributed by atoms with Crippen molar-refractivity contribution in [3.63, 3.8) is 0 Å². The zero-order chi connectivity index (χ0) is 12.5. The van der Waals surface area contributed by atoms with Crippen LogP contribution in [0.25, 0.3) is 0 Å². The van der Waals surface area contributed by atoms with Crippen LogP contribution in [-0.4, -0.2) is 34.9 Å². The van der Waals surface area contributed by atoms with Crippen LogP contribution < -0.4 is 5.32 Å². The highest BCUT2D eigenvalue weighted by Crippen LogP contribution is 2.17. The molecule has 17 heavy (non-hydrogen) atoms. The molecule has 0 saturated carbocycles. The lowest BCUT2D eigenvalue weighted by Gasteiger charge is -2.14. The molecule has 3 N–H and O–H groups in total. The molecule has 0 aromatic heterocycles. The monoisotopic (exact) mass is 255 g/mol. The number of nitrogens with one attached hydrogen (secondary N) is 1. The average molecular weight is 255 g/mol. The molecule has 0 aliphatic rings. The van der Waals surface area contributed by atoms with Crippen LogP contribution >= 0.6 is 11.8 Å². The van der Waals surface area contributed by atoms with Crippen molar-refractivity contribution in [2.45, 2.75) is 19.4 Å². The van der Waals surface area contributed by atoms with Crippen molar-refractivity contribution in [1.29, 1.82) is 0 Å². The van der Waals surface area contributed by atoms with Gasteiger partial charge >= 0.3 is 0 Å². The van der Waals surface area contributed by atoms with E-state index < -0.39 is 0 Å². The lowest BCUT2D eigenvalue weighted by molar-refractivity contribution is 0.296. The van der Waals surface area contributed by atoms with Gasteiger partial charge in [0.1, 0.15) is 5.75 Å². The summed E-state index contributed by atoms with van der Waals surface area (Å²) >= 11 is 1.85. The van der Waals surface area contributed by atoms with Crippen molar-refractivity contribution >= 4 is 11.8 Å². The number of aromatic hydroxyl groups is 1. The van der Waals surface area contributed by atoms with Gasteiger partial charge in [-0.1, -0.05) is 12.1 Å². The molecule has 4 heteroatoms. The zero-order valence-corrected chi connectivity index (χ0v) is 11.0. The first-order valence-electron chi connectivity index (χ1n) is 5.95. The Morgan fingerprint density at radius 3 is 2.88 bits per heavy atom. The largest absolute Gasteiger partial charge is 0.508 e. The van der Waals surface area contributed by atoms with Crippen LogP contribution in [0, 0.1) is 0 Å². The van der Waals surface area contributed by atoms with Crippen molar-refractivity contribution in [2.75, 3.05) is 24.7 Å². The van der Waals surface area contributed by atoms with Crippen LogP contribution in [0.2, 0.25) is 0 Å². The van der Waals surface area contributed by atoms with Gasteiger partial charge in [0.2, 0.25) is 0 Å². The Hall–Kier alpha value is -0.710. The molecule has 1 aromatic carbocycles. The standard InChI is InChI=1S/C13H21NO2S/c1-11(12-4-2-5-13(16)10-12)14-6-9-17-8-3-7-15/h2,4-5,10-11,14-16H,3,6-9H2,1H3. The van der Waals surface area contributed by atoms with Crippen LogP contribution in [0.1, 0.15) is 24.9 Å². The third-order valence-electron chi connectivity index (χ3n) is 2.51. The first-order chi connectivity index (χ1) is 8.24. The lowest BCUT2D eigenvalue weighted by atomic mass is 10.1. The van der Waals surface area contributed by atoms with E-state index >= 15 is 0 Å². The Morgan fingerprint density at radius 1 is 1.35 bits per heavy atom. The molecular weight excluding hydrogens is 234 g/mol. The van der Waals surface area contributed by atoms with Crippen molar-refractivity contribution in [1.82, 2.24) is 5.32 Å². The van der Waals surface area contributed by atoms with Crippen LogP contribution in [0.15, 0.2) is 24.3 Å². The molecule has 1 unspecified atom stereocenters. The van der Waals surface area contributed by atoms with E-state index in [9.17, 15) is 5.11 Å². The Kier molecular flexibility index (Phi) is 7.08. The smallest absolute Gasteiger partial charge is 0.115 e. The molecule has 96 valence electrons. The Balaban J connectivity index is 2.19. The van der Waals surface area contributed by atoms with Gasteiger partial charge in [0.05, 0.1) is 0 Å². The van der Waals surface area contributed by atoms with Gasteiger partial charge in [-0.25, -0.2) is 0 Å². The fourth-order valence-corrected chi connectivity index (χ4v) is 2.33. The average Bonchev–Trinajstić information content (AvgIpc) is 2.33. The molecule has 0 aliphatic carbocycles. The second-order valence-electron chi connectivity index (χ2n) is 3.96. The minimum atomic E-state index is 0.251. The van der Waals surface area contributed by atoms with Gasteiger partial charge in [-0.15, -0.1) is 0 Å². The number of phenols is 1. The van der Waals surface area contributed by atoms with Crippen molar-refractivity contribution in [3.8, 4) is 5.75 Å². The molecule has 0 fully saturated rings. The molecule has 0 spiro atoms.